The Morgan fingerprint density at radius 3 is 2.57 bits per heavy atom. The molecule has 0 saturated heterocycles. The molecule has 2 aromatic rings. The molecule has 0 bridgehead atoms. The van der Waals surface area contributed by atoms with E-state index in [0.29, 0.717) is 17.9 Å². The van der Waals surface area contributed by atoms with Gasteiger partial charge in [0.05, 0.1) is 6.20 Å². The number of ether oxygens (including phenoxy) is 1. The maximum Gasteiger partial charge on any atom is 0.422 e. The Balaban J connectivity index is 1.95. The molecule has 7 nitrogen and oxygen atoms in total. The molecule has 0 aliphatic carbocycles. The fourth-order valence-electron chi connectivity index (χ4n) is 2.18. The number of aromatic nitrogens is 2. The van der Waals surface area contributed by atoms with E-state index in [1.54, 1.807) is 26.0 Å². The van der Waals surface area contributed by atoms with Crippen LogP contribution in [-0.4, -0.2) is 34.6 Å². The average Bonchev–Trinajstić information content (AvgIpc) is 2.63. The summed E-state index contributed by atoms with van der Waals surface area (Å²) < 4.78 is 40.9. The van der Waals surface area contributed by atoms with Crippen molar-refractivity contribution >= 4 is 17.6 Å². The third kappa shape index (κ3) is 6.86. The van der Waals surface area contributed by atoms with Crippen molar-refractivity contribution in [1.82, 2.24) is 15.3 Å². The highest BCUT2D eigenvalue weighted by molar-refractivity contribution is 5.92. The number of nitrogens with zero attached hydrogens (tertiary/aromatic N) is 2. The number of anilines is 1. The second kappa shape index (κ2) is 9.16. The van der Waals surface area contributed by atoms with Crippen LogP contribution < -0.4 is 15.4 Å². The lowest BCUT2D eigenvalue weighted by Crippen LogP contribution is -2.24. The maximum absolute atomic E-state index is 12.2. The number of aryl methyl sites for hydroxylation is 1. The summed E-state index contributed by atoms with van der Waals surface area (Å²) in [5.41, 5.74) is 1.42. The first-order valence-electron chi connectivity index (χ1n) is 8.37. The van der Waals surface area contributed by atoms with Gasteiger partial charge in [0, 0.05) is 18.7 Å². The van der Waals surface area contributed by atoms with Gasteiger partial charge in [-0.25, -0.2) is 9.97 Å². The van der Waals surface area contributed by atoms with Gasteiger partial charge in [-0.15, -0.1) is 0 Å². The quantitative estimate of drug-likeness (QED) is 0.751. The molecule has 150 valence electrons. The molecule has 0 atom stereocenters. The van der Waals surface area contributed by atoms with Gasteiger partial charge in [0.15, 0.2) is 6.61 Å². The van der Waals surface area contributed by atoms with Crippen LogP contribution in [0.3, 0.4) is 0 Å². The lowest BCUT2D eigenvalue weighted by atomic mass is 10.2. The second-order valence-electron chi connectivity index (χ2n) is 5.87. The Morgan fingerprint density at radius 2 is 1.96 bits per heavy atom. The first-order chi connectivity index (χ1) is 13.2. The van der Waals surface area contributed by atoms with Gasteiger partial charge in [0.2, 0.25) is 5.91 Å². The van der Waals surface area contributed by atoms with E-state index in [9.17, 15) is 22.8 Å². The topological polar surface area (TPSA) is 93.2 Å². The van der Waals surface area contributed by atoms with Crippen molar-refractivity contribution < 1.29 is 27.5 Å². The molecule has 0 aliphatic rings. The smallest absolute Gasteiger partial charge is 0.422 e. The van der Waals surface area contributed by atoms with Crippen LogP contribution in [0.25, 0.3) is 0 Å². The molecular weight excluding hydrogens is 377 g/mol. The number of hydrogen-bond donors (Lipinski definition) is 2. The van der Waals surface area contributed by atoms with Gasteiger partial charge < -0.3 is 15.4 Å². The molecule has 0 aromatic carbocycles. The van der Waals surface area contributed by atoms with Gasteiger partial charge in [-0.2, -0.15) is 13.2 Å². The van der Waals surface area contributed by atoms with E-state index < -0.39 is 18.7 Å². The standard InChI is InChI=1S/C18H19F3N4O3/c1-3-16(26)25-15-7-12(6-11(2)24-15)8-23-17(27)14-5-4-13(9-22-14)28-10-18(19,20)21/h4-7,9H,3,8,10H2,1-2H3,(H,23,27)(H,24,25,26). The highest BCUT2D eigenvalue weighted by Crippen LogP contribution is 2.18. The number of carbonyl (C=O) groups is 2. The number of alkyl halides is 3. The molecule has 10 heteroatoms. The van der Waals surface area contributed by atoms with Crippen molar-refractivity contribution in [2.45, 2.75) is 33.0 Å². The molecular formula is C18H19F3N4O3. The first-order valence-corrected chi connectivity index (χ1v) is 8.37. The minimum Gasteiger partial charge on any atom is -0.483 e. The van der Waals surface area contributed by atoms with Gasteiger partial charge in [0.1, 0.15) is 17.3 Å². The fourth-order valence-corrected chi connectivity index (χ4v) is 2.18. The Hall–Kier alpha value is -3.17. The van der Waals surface area contributed by atoms with Crippen LogP contribution in [0.5, 0.6) is 5.75 Å². The number of hydrogen-bond acceptors (Lipinski definition) is 5. The predicted octanol–water partition coefficient (Wildman–Crippen LogP) is 3.00. The zero-order chi connectivity index (χ0) is 20.7. The minimum atomic E-state index is -4.45. The molecule has 0 radical (unpaired) electrons. The van der Waals surface area contributed by atoms with Crippen LogP contribution in [0.1, 0.15) is 35.1 Å². The van der Waals surface area contributed by atoms with Crippen LogP contribution in [0, 0.1) is 6.92 Å². The molecule has 28 heavy (non-hydrogen) atoms. The predicted molar refractivity (Wildman–Crippen MR) is 94.9 cm³/mol. The lowest BCUT2D eigenvalue weighted by Gasteiger charge is -2.10. The fraction of sp³-hybridized carbons (Fsp3) is 0.333. The van der Waals surface area contributed by atoms with Crippen LogP contribution in [-0.2, 0) is 11.3 Å². The molecule has 0 spiro atoms. The summed E-state index contributed by atoms with van der Waals surface area (Å²) in [4.78, 5) is 31.6. The van der Waals surface area contributed by atoms with E-state index in [1.165, 1.54) is 12.1 Å². The SMILES string of the molecule is CCC(=O)Nc1cc(CNC(=O)c2ccc(OCC(F)(F)F)cn2)cc(C)n1. The summed E-state index contributed by atoms with van der Waals surface area (Å²) in [5, 5.41) is 5.30. The summed E-state index contributed by atoms with van der Waals surface area (Å²) >= 11 is 0. The molecule has 2 N–H and O–H groups in total. The number of amides is 2. The molecule has 0 aliphatic heterocycles. The van der Waals surface area contributed by atoms with Crippen LogP contribution in [0.2, 0.25) is 0 Å². The van der Waals surface area contributed by atoms with Crippen molar-refractivity contribution in [2.24, 2.45) is 0 Å². The van der Waals surface area contributed by atoms with Crippen molar-refractivity contribution in [3.8, 4) is 5.75 Å². The van der Waals surface area contributed by atoms with Gasteiger partial charge in [-0.3, -0.25) is 9.59 Å². The lowest BCUT2D eigenvalue weighted by molar-refractivity contribution is -0.153. The molecule has 2 heterocycles. The number of pyridine rings is 2. The summed E-state index contributed by atoms with van der Waals surface area (Å²) in [6.07, 6.45) is -3.08. The summed E-state index contributed by atoms with van der Waals surface area (Å²) in [6.45, 7) is 2.20. The minimum absolute atomic E-state index is 0.0321. The third-order valence-corrected chi connectivity index (χ3v) is 3.43. The molecule has 2 aromatic heterocycles. The maximum atomic E-state index is 12.2. The number of rotatable bonds is 7. The number of nitrogens with one attached hydrogen (secondary N) is 2. The van der Waals surface area contributed by atoms with Crippen molar-refractivity contribution in [3.63, 3.8) is 0 Å². The zero-order valence-corrected chi connectivity index (χ0v) is 15.3. The largest absolute Gasteiger partial charge is 0.483 e. The number of halogens is 3. The Labute approximate surface area is 159 Å². The second-order valence-corrected chi connectivity index (χ2v) is 5.87. The monoisotopic (exact) mass is 396 g/mol. The summed E-state index contributed by atoms with van der Waals surface area (Å²) in [5.74, 6) is -0.378. The Morgan fingerprint density at radius 1 is 1.21 bits per heavy atom. The van der Waals surface area contributed by atoms with Gasteiger partial charge in [-0.1, -0.05) is 6.92 Å². The van der Waals surface area contributed by atoms with E-state index in [0.717, 1.165) is 11.8 Å². The average molecular weight is 396 g/mol. The molecule has 0 saturated carbocycles. The highest BCUT2D eigenvalue weighted by atomic mass is 19.4. The number of carbonyl (C=O) groups excluding carboxylic acids is 2. The normalized spacial score (nSPS) is 11.0. The van der Waals surface area contributed by atoms with E-state index >= 15 is 0 Å². The van der Waals surface area contributed by atoms with E-state index in [4.69, 9.17) is 0 Å². The highest BCUT2D eigenvalue weighted by Gasteiger charge is 2.28. The molecule has 2 amide bonds. The van der Waals surface area contributed by atoms with Gasteiger partial charge >= 0.3 is 6.18 Å². The molecule has 0 fully saturated rings. The van der Waals surface area contributed by atoms with Crippen molar-refractivity contribution in [1.29, 1.82) is 0 Å². The first kappa shape index (κ1) is 21.1. The van der Waals surface area contributed by atoms with Crippen molar-refractivity contribution in [3.05, 3.63) is 47.4 Å². The van der Waals surface area contributed by atoms with Gasteiger partial charge in [0.25, 0.3) is 5.91 Å². The van der Waals surface area contributed by atoms with Crippen LogP contribution >= 0.6 is 0 Å². The third-order valence-electron chi connectivity index (χ3n) is 3.43. The molecule has 2 rings (SSSR count). The summed E-state index contributed by atoms with van der Waals surface area (Å²) in [7, 11) is 0. The van der Waals surface area contributed by atoms with E-state index in [2.05, 4.69) is 25.3 Å². The summed E-state index contributed by atoms with van der Waals surface area (Å²) in [6, 6.07) is 5.90. The van der Waals surface area contributed by atoms with Crippen LogP contribution in [0.4, 0.5) is 19.0 Å². The van der Waals surface area contributed by atoms with E-state index in [-0.39, 0.29) is 23.9 Å². The van der Waals surface area contributed by atoms with Crippen LogP contribution in [0.15, 0.2) is 30.5 Å². The zero-order valence-electron chi connectivity index (χ0n) is 15.3. The Bertz CT molecular complexity index is 839. The van der Waals surface area contributed by atoms with E-state index in [1.807, 2.05) is 0 Å². The van der Waals surface area contributed by atoms with Crippen molar-refractivity contribution in [2.75, 3.05) is 11.9 Å². The molecule has 0 unspecified atom stereocenters. The van der Waals surface area contributed by atoms with Gasteiger partial charge in [-0.05, 0) is 36.8 Å². The Kier molecular flexibility index (Phi) is 6.91.